The molecular formula is C15H12N2O3S. The Morgan fingerprint density at radius 2 is 2.10 bits per heavy atom. The molecule has 0 aliphatic carbocycles. The van der Waals surface area contributed by atoms with E-state index in [2.05, 4.69) is 10.3 Å². The molecule has 3 aromatic rings. The van der Waals surface area contributed by atoms with Crippen molar-refractivity contribution < 1.29 is 9.21 Å². The summed E-state index contributed by atoms with van der Waals surface area (Å²) in [4.78, 5) is 28.4. The van der Waals surface area contributed by atoms with Gasteiger partial charge in [-0.25, -0.2) is 9.78 Å². The van der Waals surface area contributed by atoms with Crippen molar-refractivity contribution in [2.45, 2.75) is 13.8 Å². The molecule has 5 nitrogen and oxygen atoms in total. The minimum Gasteiger partial charge on any atom is -0.422 e. The molecule has 0 atom stereocenters. The van der Waals surface area contributed by atoms with Crippen molar-refractivity contribution in [3.8, 4) is 11.3 Å². The first-order chi connectivity index (χ1) is 10.0. The van der Waals surface area contributed by atoms with E-state index < -0.39 is 5.63 Å². The van der Waals surface area contributed by atoms with E-state index in [1.165, 1.54) is 18.3 Å². The lowest BCUT2D eigenvalue weighted by molar-refractivity contribution is -0.114. The van der Waals surface area contributed by atoms with Crippen molar-refractivity contribution in [2.24, 2.45) is 0 Å². The summed E-state index contributed by atoms with van der Waals surface area (Å²) in [6, 6.07) is 9.08. The first-order valence-corrected chi connectivity index (χ1v) is 7.14. The number of carbonyl (C=O) groups is 1. The molecular weight excluding hydrogens is 288 g/mol. The molecule has 0 aliphatic rings. The third kappa shape index (κ3) is 2.57. The van der Waals surface area contributed by atoms with E-state index in [1.807, 2.05) is 25.1 Å². The number of hydrogen-bond donors (Lipinski definition) is 1. The van der Waals surface area contributed by atoms with Crippen molar-refractivity contribution in [1.82, 2.24) is 4.98 Å². The van der Waals surface area contributed by atoms with Gasteiger partial charge < -0.3 is 9.73 Å². The second-order valence-corrected chi connectivity index (χ2v) is 5.79. The molecule has 0 unspecified atom stereocenters. The van der Waals surface area contributed by atoms with Gasteiger partial charge in [-0.2, -0.15) is 0 Å². The fraction of sp³-hybridized carbons (Fsp3) is 0.133. The van der Waals surface area contributed by atoms with Gasteiger partial charge in [0, 0.05) is 17.2 Å². The van der Waals surface area contributed by atoms with E-state index in [0.29, 0.717) is 22.0 Å². The Bertz CT molecular complexity index is 895. The van der Waals surface area contributed by atoms with Gasteiger partial charge in [-0.1, -0.05) is 18.2 Å². The van der Waals surface area contributed by atoms with Crippen LogP contribution in [0.1, 0.15) is 11.8 Å². The van der Waals surface area contributed by atoms with Gasteiger partial charge in [-0.3, -0.25) is 4.79 Å². The van der Waals surface area contributed by atoms with Gasteiger partial charge in [0.1, 0.15) is 5.58 Å². The molecule has 0 bridgehead atoms. The summed E-state index contributed by atoms with van der Waals surface area (Å²) in [6.07, 6.45) is 0. The monoisotopic (exact) mass is 300 g/mol. The van der Waals surface area contributed by atoms with E-state index in [-0.39, 0.29) is 5.91 Å². The highest BCUT2D eigenvalue weighted by Gasteiger charge is 2.15. The van der Waals surface area contributed by atoms with Gasteiger partial charge >= 0.3 is 5.63 Å². The summed E-state index contributed by atoms with van der Waals surface area (Å²) in [7, 11) is 0. The first kappa shape index (κ1) is 13.5. The smallest absolute Gasteiger partial charge is 0.345 e. The lowest BCUT2D eigenvalue weighted by Gasteiger charge is -2.00. The van der Waals surface area contributed by atoms with Crippen molar-refractivity contribution in [1.29, 1.82) is 0 Å². The second-order valence-electron chi connectivity index (χ2n) is 4.59. The molecule has 1 aromatic carbocycles. The zero-order chi connectivity index (χ0) is 15.0. The average Bonchev–Trinajstić information content (AvgIpc) is 2.77. The zero-order valence-corrected chi connectivity index (χ0v) is 12.3. The van der Waals surface area contributed by atoms with Crippen LogP contribution in [-0.4, -0.2) is 10.9 Å². The van der Waals surface area contributed by atoms with Gasteiger partial charge in [0.05, 0.1) is 11.3 Å². The number of nitrogens with zero attached hydrogens (tertiary/aromatic N) is 1. The summed E-state index contributed by atoms with van der Waals surface area (Å²) in [5.41, 5.74) is 1.06. The Kier molecular flexibility index (Phi) is 3.31. The van der Waals surface area contributed by atoms with Crippen LogP contribution in [0.2, 0.25) is 0 Å². The number of aryl methyl sites for hydroxylation is 1. The van der Waals surface area contributed by atoms with Crippen LogP contribution in [0, 0.1) is 6.92 Å². The van der Waals surface area contributed by atoms with E-state index in [1.54, 1.807) is 12.1 Å². The number of aromatic nitrogens is 1. The third-order valence-corrected chi connectivity index (χ3v) is 3.86. The molecule has 0 radical (unpaired) electrons. The van der Waals surface area contributed by atoms with E-state index >= 15 is 0 Å². The zero-order valence-electron chi connectivity index (χ0n) is 11.5. The molecule has 2 aromatic heterocycles. The minimum absolute atomic E-state index is 0.194. The molecule has 21 heavy (non-hydrogen) atoms. The number of carbonyl (C=O) groups excluding carboxylic acids is 1. The average molecular weight is 300 g/mol. The first-order valence-electron chi connectivity index (χ1n) is 6.33. The normalized spacial score (nSPS) is 10.8. The van der Waals surface area contributed by atoms with Crippen LogP contribution in [0.25, 0.3) is 22.2 Å². The summed E-state index contributed by atoms with van der Waals surface area (Å²) >= 11 is 1.33. The highest BCUT2D eigenvalue weighted by molar-refractivity contribution is 7.16. The van der Waals surface area contributed by atoms with Crippen LogP contribution in [-0.2, 0) is 4.79 Å². The number of para-hydroxylation sites is 1. The Hall–Kier alpha value is -2.47. The predicted octanol–water partition coefficient (Wildman–Crippen LogP) is 3.18. The number of hydrogen-bond acceptors (Lipinski definition) is 5. The van der Waals surface area contributed by atoms with Crippen LogP contribution in [0.4, 0.5) is 5.13 Å². The molecule has 106 valence electrons. The van der Waals surface area contributed by atoms with Crippen LogP contribution < -0.4 is 10.9 Å². The van der Waals surface area contributed by atoms with Crippen LogP contribution in [0.15, 0.2) is 39.5 Å². The van der Waals surface area contributed by atoms with Crippen LogP contribution >= 0.6 is 11.3 Å². The molecule has 0 saturated carbocycles. The number of amides is 1. The topological polar surface area (TPSA) is 72.2 Å². The second kappa shape index (κ2) is 5.14. The van der Waals surface area contributed by atoms with Gasteiger partial charge in [0.2, 0.25) is 5.91 Å². The number of benzene rings is 1. The van der Waals surface area contributed by atoms with E-state index in [0.717, 1.165) is 10.3 Å². The molecule has 2 heterocycles. The van der Waals surface area contributed by atoms with Gasteiger partial charge in [0.25, 0.3) is 0 Å². The Morgan fingerprint density at radius 3 is 2.86 bits per heavy atom. The van der Waals surface area contributed by atoms with Gasteiger partial charge in [-0.15, -0.1) is 11.3 Å². The van der Waals surface area contributed by atoms with Crippen LogP contribution in [0.5, 0.6) is 0 Å². The van der Waals surface area contributed by atoms with E-state index in [9.17, 15) is 9.59 Å². The SMILES string of the molecule is CC(=O)Nc1nc(-c2cc3ccccc3oc2=O)c(C)s1. The predicted molar refractivity (Wildman–Crippen MR) is 82.6 cm³/mol. The number of thiazole rings is 1. The summed E-state index contributed by atoms with van der Waals surface area (Å²) in [5.74, 6) is -0.194. The van der Waals surface area contributed by atoms with Gasteiger partial charge in [-0.05, 0) is 19.1 Å². The van der Waals surface area contributed by atoms with Crippen LogP contribution in [0.3, 0.4) is 0 Å². The molecule has 3 rings (SSSR count). The molecule has 1 amide bonds. The number of anilines is 1. The maximum absolute atomic E-state index is 12.1. The van der Waals surface area contributed by atoms with E-state index in [4.69, 9.17) is 4.42 Å². The van der Waals surface area contributed by atoms with Crippen molar-refractivity contribution in [2.75, 3.05) is 5.32 Å². The van der Waals surface area contributed by atoms with Crippen molar-refractivity contribution in [3.05, 3.63) is 45.6 Å². The largest absolute Gasteiger partial charge is 0.422 e. The van der Waals surface area contributed by atoms with Gasteiger partial charge in [0.15, 0.2) is 5.13 Å². The summed E-state index contributed by atoms with van der Waals surface area (Å²) in [5, 5.41) is 3.94. The fourth-order valence-electron chi connectivity index (χ4n) is 2.08. The fourth-order valence-corrected chi connectivity index (χ4v) is 2.95. The van der Waals surface area contributed by atoms with Crippen molar-refractivity contribution >= 4 is 33.3 Å². The minimum atomic E-state index is -0.434. The number of rotatable bonds is 2. The Balaban J connectivity index is 2.16. The molecule has 0 fully saturated rings. The summed E-state index contributed by atoms with van der Waals surface area (Å²) < 4.78 is 5.31. The molecule has 6 heteroatoms. The van der Waals surface area contributed by atoms with Crippen molar-refractivity contribution in [3.63, 3.8) is 0 Å². The maximum Gasteiger partial charge on any atom is 0.345 e. The maximum atomic E-state index is 12.1. The highest BCUT2D eigenvalue weighted by Crippen LogP contribution is 2.30. The molecule has 0 aliphatic heterocycles. The molecule has 1 N–H and O–H groups in total. The highest BCUT2D eigenvalue weighted by atomic mass is 32.1. The quantitative estimate of drug-likeness (QED) is 0.738. The Labute approximate surface area is 124 Å². The lowest BCUT2D eigenvalue weighted by atomic mass is 10.1. The molecule has 0 saturated heterocycles. The third-order valence-electron chi connectivity index (χ3n) is 2.98. The number of fused-ring (bicyclic) bond motifs is 1. The Morgan fingerprint density at radius 1 is 1.33 bits per heavy atom. The summed E-state index contributed by atoms with van der Waals surface area (Å²) in [6.45, 7) is 3.27. The lowest BCUT2D eigenvalue weighted by Crippen LogP contribution is -2.06. The molecule has 0 spiro atoms. The standard InChI is InChI=1S/C15H12N2O3S/c1-8-13(17-15(21-8)16-9(2)18)11-7-10-5-3-4-6-12(10)20-14(11)19/h3-7H,1-2H3,(H,16,17,18). The number of nitrogens with one attached hydrogen (secondary N) is 1.